The third-order valence-corrected chi connectivity index (χ3v) is 11.0. The lowest BCUT2D eigenvalue weighted by molar-refractivity contribution is -0.0162. The van der Waals surface area contributed by atoms with Crippen molar-refractivity contribution in [2.75, 3.05) is 37.7 Å². The number of aliphatic hydroxyl groups is 1. The van der Waals surface area contributed by atoms with Gasteiger partial charge >= 0.3 is 6.01 Å². The molecule has 8 rings (SSSR count). The minimum atomic E-state index is -1.04. The van der Waals surface area contributed by atoms with Crippen molar-refractivity contribution in [1.29, 1.82) is 0 Å². The smallest absolute Gasteiger partial charge is 0.319 e. The van der Waals surface area contributed by atoms with E-state index in [-0.39, 0.29) is 57.7 Å². The van der Waals surface area contributed by atoms with E-state index in [9.17, 15) is 14.6 Å². The van der Waals surface area contributed by atoms with Crippen LogP contribution in [0, 0.1) is 24.0 Å². The summed E-state index contributed by atoms with van der Waals surface area (Å²) in [4.78, 5) is 18.4. The summed E-state index contributed by atoms with van der Waals surface area (Å²) in [6.07, 6.45) is 10.4. The Morgan fingerprint density at radius 2 is 1.92 bits per heavy atom. The molecular formula is C38H38F2N6O3. The third kappa shape index (κ3) is 4.96. The maximum absolute atomic E-state index is 17.0. The summed E-state index contributed by atoms with van der Waals surface area (Å²) in [6.45, 7) is 14.8. The summed E-state index contributed by atoms with van der Waals surface area (Å²) in [6, 6.07) is 5.56. The van der Waals surface area contributed by atoms with Gasteiger partial charge in [-0.3, -0.25) is 9.88 Å². The first-order valence-electron chi connectivity index (χ1n) is 16.5. The Labute approximate surface area is 283 Å². The quantitative estimate of drug-likeness (QED) is 0.189. The molecule has 9 nitrogen and oxygen atoms in total. The van der Waals surface area contributed by atoms with Gasteiger partial charge in [0, 0.05) is 49.4 Å². The molecule has 2 aromatic carbocycles. The highest BCUT2D eigenvalue weighted by Crippen LogP contribution is 2.45. The van der Waals surface area contributed by atoms with E-state index in [0.717, 1.165) is 49.9 Å². The summed E-state index contributed by atoms with van der Waals surface area (Å²) >= 11 is 0. The fourth-order valence-electron chi connectivity index (χ4n) is 8.63. The zero-order valence-corrected chi connectivity index (χ0v) is 27.6. The van der Waals surface area contributed by atoms with E-state index >= 15 is 4.39 Å². The van der Waals surface area contributed by atoms with E-state index in [1.807, 2.05) is 0 Å². The minimum absolute atomic E-state index is 0.00205. The number of nitrogens with one attached hydrogen (secondary N) is 1. The van der Waals surface area contributed by atoms with Crippen molar-refractivity contribution in [3.63, 3.8) is 0 Å². The average molecular weight is 665 g/mol. The Morgan fingerprint density at radius 3 is 2.63 bits per heavy atom. The molecule has 4 saturated heterocycles. The second kappa shape index (κ2) is 10.9. The van der Waals surface area contributed by atoms with Crippen molar-refractivity contribution in [2.45, 2.75) is 62.3 Å². The SMILES string of the molecule is C#Cc1c(F)ccc2cc(O)cc(-c3ncc4c(N5CC6CCC(C(C)(C)O)(C5)N6)nc(OCC56CC(=C)CN5CC(=C)C6)nc4c3F)c12. The Morgan fingerprint density at radius 1 is 1.16 bits per heavy atom. The van der Waals surface area contributed by atoms with Crippen LogP contribution >= 0.6 is 0 Å². The number of aromatic nitrogens is 3. The number of pyridine rings is 1. The Bertz CT molecular complexity index is 2120. The highest BCUT2D eigenvalue weighted by molar-refractivity contribution is 6.03. The van der Waals surface area contributed by atoms with Gasteiger partial charge in [-0.2, -0.15) is 9.97 Å². The maximum Gasteiger partial charge on any atom is 0.319 e. The molecule has 2 bridgehead atoms. The third-order valence-electron chi connectivity index (χ3n) is 11.0. The first kappa shape index (κ1) is 31.6. The van der Waals surface area contributed by atoms with Crippen LogP contribution in [0.15, 0.2) is 54.8 Å². The van der Waals surface area contributed by atoms with E-state index in [1.165, 1.54) is 30.5 Å². The van der Waals surface area contributed by atoms with Crippen LogP contribution < -0.4 is 15.0 Å². The fraction of sp³-hybridized carbons (Fsp3) is 0.395. The number of hydrogen-bond donors (Lipinski definition) is 3. The molecule has 2 atom stereocenters. The predicted octanol–water partition coefficient (Wildman–Crippen LogP) is 5.23. The fourth-order valence-corrected chi connectivity index (χ4v) is 8.63. The van der Waals surface area contributed by atoms with E-state index in [1.54, 1.807) is 13.8 Å². The second-order valence-electron chi connectivity index (χ2n) is 14.8. The number of hydrogen-bond acceptors (Lipinski definition) is 9. The summed E-state index contributed by atoms with van der Waals surface area (Å²) in [5.74, 6) is 1.24. The average Bonchev–Trinajstić information content (AvgIpc) is 3.64. The van der Waals surface area contributed by atoms with Gasteiger partial charge in [0.2, 0.25) is 0 Å². The number of rotatable bonds is 6. The molecule has 0 saturated carbocycles. The number of anilines is 1. The molecule has 0 spiro atoms. The maximum atomic E-state index is 17.0. The van der Waals surface area contributed by atoms with Crippen LogP contribution in [0.4, 0.5) is 14.6 Å². The number of phenolic OH excluding ortho intramolecular Hbond substituents is 1. The van der Waals surface area contributed by atoms with E-state index in [0.29, 0.717) is 29.7 Å². The number of halogens is 2. The monoisotopic (exact) mass is 664 g/mol. The molecule has 6 heterocycles. The number of fused-ring (bicyclic) bond motifs is 5. The molecule has 0 amide bonds. The number of aromatic hydroxyl groups is 1. The number of terminal acetylenes is 1. The number of phenols is 1. The number of benzene rings is 2. The number of ether oxygens (including phenoxy) is 1. The van der Waals surface area contributed by atoms with Crippen molar-refractivity contribution in [1.82, 2.24) is 25.2 Å². The highest BCUT2D eigenvalue weighted by Gasteiger charge is 2.53. The molecule has 4 aliphatic heterocycles. The van der Waals surface area contributed by atoms with Gasteiger partial charge < -0.3 is 25.2 Å². The van der Waals surface area contributed by atoms with Gasteiger partial charge in [0.1, 0.15) is 35.2 Å². The molecule has 0 aliphatic carbocycles. The van der Waals surface area contributed by atoms with E-state index < -0.39 is 22.8 Å². The summed E-state index contributed by atoms with van der Waals surface area (Å²) in [5, 5.41) is 26.6. The number of nitrogens with zero attached hydrogens (tertiary/aromatic N) is 5. The first-order valence-corrected chi connectivity index (χ1v) is 16.5. The van der Waals surface area contributed by atoms with Crippen molar-refractivity contribution >= 4 is 27.5 Å². The zero-order chi connectivity index (χ0) is 34.5. The molecule has 0 radical (unpaired) electrons. The van der Waals surface area contributed by atoms with Crippen LogP contribution in [0.3, 0.4) is 0 Å². The van der Waals surface area contributed by atoms with Crippen LogP contribution in [-0.2, 0) is 0 Å². The molecule has 11 heteroatoms. The molecular weight excluding hydrogens is 626 g/mol. The Balaban J connectivity index is 1.29. The van der Waals surface area contributed by atoms with Gasteiger partial charge in [-0.1, -0.05) is 36.3 Å². The molecule has 2 aromatic heterocycles. The molecule has 4 fully saturated rings. The molecule has 252 valence electrons. The van der Waals surface area contributed by atoms with Crippen molar-refractivity contribution < 1.29 is 23.7 Å². The number of piperazine rings is 1. The van der Waals surface area contributed by atoms with Gasteiger partial charge in [-0.15, -0.1) is 6.42 Å². The standard InChI is InChI=1S/C38H38F2N6O3/c1-6-26-29(39)8-7-23-11-25(47)12-27(30(23)26)32-31(40)33-28(15-41-32)34(45-18-24-9-10-38(19-45,44-24)36(4,5)48)43-35(42-33)49-20-37-13-21(2)16-46(37)17-22(3)14-37/h1,7-8,11-12,15,24,44,47-48H,2-3,9-10,13-14,16-20H2,4-5H3. The summed E-state index contributed by atoms with van der Waals surface area (Å²) in [5.41, 5.74) is 0.141. The van der Waals surface area contributed by atoms with Crippen LogP contribution in [0.5, 0.6) is 11.8 Å². The second-order valence-corrected chi connectivity index (χ2v) is 14.8. The predicted molar refractivity (Wildman–Crippen MR) is 185 cm³/mol. The van der Waals surface area contributed by atoms with Crippen molar-refractivity contribution in [3.8, 4) is 35.4 Å². The molecule has 49 heavy (non-hydrogen) atoms. The van der Waals surface area contributed by atoms with Gasteiger partial charge in [-0.05, 0) is 63.1 Å². The van der Waals surface area contributed by atoms with Gasteiger partial charge in [0.25, 0.3) is 0 Å². The zero-order valence-electron chi connectivity index (χ0n) is 27.6. The Kier molecular flexibility index (Phi) is 7.06. The van der Waals surface area contributed by atoms with Crippen LogP contribution in [-0.4, -0.2) is 85.6 Å². The van der Waals surface area contributed by atoms with Gasteiger partial charge in [-0.25, -0.2) is 8.78 Å². The topological polar surface area (TPSA) is 107 Å². The van der Waals surface area contributed by atoms with Crippen molar-refractivity contribution in [3.05, 3.63) is 72.0 Å². The van der Waals surface area contributed by atoms with Crippen LogP contribution in [0.2, 0.25) is 0 Å². The Hall–Kier alpha value is -4.63. The largest absolute Gasteiger partial charge is 0.508 e. The molecule has 3 N–H and O–H groups in total. The first-order chi connectivity index (χ1) is 23.3. The normalized spacial score (nSPS) is 23.4. The van der Waals surface area contributed by atoms with Crippen LogP contribution in [0.1, 0.15) is 45.1 Å². The minimum Gasteiger partial charge on any atom is -0.508 e. The lowest BCUT2D eigenvalue weighted by Crippen LogP contribution is -2.68. The van der Waals surface area contributed by atoms with Crippen molar-refractivity contribution in [2.24, 2.45) is 0 Å². The molecule has 4 aromatic rings. The van der Waals surface area contributed by atoms with E-state index in [4.69, 9.17) is 16.1 Å². The molecule has 2 unspecified atom stereocenters. The molecule has 4 aliphatic rings. The van der Waals surface area contributed by atoms with E-state index in [2.05, 4.69) is 44.2 Å². The lowest BCUT2D eigenvalue weighted by atomic mass is 9.80. The summed E-state index contributed by atoms with van der Waals surface area (Å²) < 4.78 is 38.3. The van der Waals surface area contributed by atoms with Gasteiger partial charge in [0.15, 0.2) is 5.82 Å². The summed E-state index contributed by atoms with van der Waals surface area (Å²) in [7, 11) is 0. The van der Waals surface area contributed by atoms with Crippen LogP contribution in [0.25, 0.3) is 32.9 Å². The lowest BCUT2D eigenvalue weighted by Gasteiger charge is -2.48. The highest BCUT2D eigenvalue weighted by atomic mass is 19.1. The van der Waals surface area contributed by atoms with Gasteiger partial charge in [0.05, 0.1) is 27.6 Å².